The van der Waals surface area contributed by atoms with Gasteiger partial charge in [0.05, 0.1) is 12.3 Å². The van der Waals surface area contributed by atoms with Gasteiger partial charge in [-0.3, -0.25) is 19.9 Å². The van der Waals surface area contributed by atoms with Crippen LogP contribution in [0, 0.1) is 5.41 Å². The van der Waals surface area contributed by atoms with Crippen molar-refractivity contribution >= 4 is 23.4 Å². The summed E-state index contributed by atoms with van der Waals surface area (Å²) in [6, 6.07) is 7.67. The van der Waals surface area contributed by atoms with Crippen LogP contribution in [-0.2, 0) is 14.4 Å². The van der Waals surface area contributed by atoms with Gasteiger partial charge < -0.3 is 19.7 Å². The molecule has 2 aliphatic rings. The molecule has 1 saturated heterocycles. The maximum absolute atomic E-state index is 12.1. The lowest BCUT2D eigenvalue weighted by Gasteiger charge is -2.34. The van der Waals surface area contributed by atoms with Crippen molar-refractivity contribution in [3.05, 3.63) is 35.4 Å². The van der Waals surface area contributed by atoms with E-state index in [0.29, 0.717) is 31.9 Å². The number of amides is 1. The molecule has 2 N–H and O–H groups in total. The summed E-state index contributed by atoms with van der Waals surface area (Å²) < 4.78 is 0. The molecule has 0 radical (unpaired) electrons. The third-order valence-electron chi connectivity index (χ3n) is 4.86. The number of nitrogens with zero attached hydrogens (tertiary/aromatic N) is 4. The number of piperazine rings is 1. The number of amidine groups is 1. The van der Waals surface area contributed by atoms with E-state index >= 15 is 0 Å². The molecule has 28 heavy (non-hydrogen) atoms. The summed E-state index contributed by atoms with van der Waals surface area (Å²) in [4.78, 5) is 33.5. The Balaban J connectivity index is 1.51. The smallest absolute Gasteiger partial charge is 0.323 e. The van der Waals surface area contributed by atoms with Crippen LogP contribution in [0.25, 0.3) is 0 Å². The zero-order valence-electron chi connectivity index (χ0n) is 16.1. The lowest BCUT2D eigenvalue weighted by Crippen LogP contribution is -2.53. The molecule has 0 aromatic heterocycles. The molecule has 0 saturated carbocycles. The molecule has 0 aliphatic carbocycles. The normalized spacial score (nSPS) is 19.9. The first-order valence-corrected chi connectivity index (χ1v) is 9.15. The second-order valence-corrected chi connectivity index (χ2v) is 7.23. The van der Waals surface area contributed by atoms with Crippen LogP contribution in [0.4, 0.5) is 0 Å². The van der Waals surface area contributed by atoms with Crippen LogP contribution < -0.4 is 0 Å². The van der Waals surface area contributed by atoms with Crippen molar-refractivity contribution in [2.75, 3.05) is 46.8 Å². The van der Waals surface area contributed by atoms with Gasteiger partial charge in [0.1, 0.15) is 18.5 Å². The van der Waals surface area contributed by atoms with E-state index in [0.717, 1.165) is 16.8 Å². The third-order valence-corrected chi connectivity index (χ3v) is 4.86. The minimum absolute atomic E-state index is 0.131. The van der Waals surface area contributed by atoms with E-state index in [9.17, 15) is 9.59 Å². The Morgan fingerprint density at radius 1 is 1.32 bits per heavy atom. The molecule has 3 rings (SSSR count). The maximum atomic E-state index is 12.1. The summed E-state index contributed by atoms with van der Waals surface area (Å²) in [6.45, 7) is 1.55. The monoisotopic (exact) mass is 387 g/mol. The van der Waals surface area contributed by atoms with E-state index in [1.165, 1.54) is 4.90 Å². The number of hydrogen-bond donors (Lipinski definition) is 2. The molecule has 1 aromatic rings. The summed E-state index contributed by atoms with van der Waals surface area (Å²) in [5, 5.41) is 21.0. The van der Waals surface area contributed by atoms with Crippen molar-refractivity contribution in [3.8, 4) is 0 Å². The Hall–Kier alpha value is -2.94. The molecule has 2 aliphatic heterocycles. The van der Waals surface area contributed by atoms with E-state index in [-0.39, 0.29) is 25.1 Å². The molecule has 1 unspecified atom stereocenters. The van der Waals surface area contributed by atoms with E-state index in [4.69, 9.17) is 15.4 Å². The molecule has 9 heteroatoms. The van der Waals surface area contributed by atoms with Crippen molar-refractivity contribution in [2.45, 2.75) is 12.5 Å². The van der Waals surface area contributed by atoms with E-state index in [1.807, 2.05) is 43.3 Å². The number of aliphatic carboxylic acids is 1. The second-order valence-electron chi connectivity index (χ2n) is 7.23. The fraction of sp³-hybridized carbons (Fsp3) is 0.474. The first-order valence-electron chi connectivity index (χ1n) is 9.15. The standard InChI is InChI=1S/C19H25N5O4/c1-22(2)19(20)14-5-3-13(4-6-14)16-9-15(28-21-16)10-23-7-8-24(12-18(26)27)17(25)11-23/h3-6,15,20H,7-12H2,1-2H3,(H,26,27). The summed E-state index contributed by atoms with van der Waals surface area (Å²) >= 11 is 0. The van der Waals surface area contributed by atoms with Gasteiger partial charge in [-0.25, -0.2) is 0 Å². The number of benzene rings is 1. The van der Waals surface area contributed by atoms with Gasteiger partial charge in [-0.05, 0) is 5.56 Å². The number of hydrogen-bond acceptors (Lipinski definition) is 6. The predicted molar refractivity (Wildman–Crippen MR) is 104 cm³/mol. The quantitative estimate of drug-likeness (QED) is 0.537. The summed E-state index contributed by atoms with van der Waals surface area (Å²) in [5.74, 6) is -0.724. The van der Waals surface area contributed by atoms with Crippen molar-refractivity contribution in [2.24, 2.45) is 5.16 Å². The molecule has 1 atom stereocenters. The topological polar surface area (TPSA) is 110 Å². The zero-order chi connectivity index (χ0) is 20.3. The highest BCUT2D eigenvalue weighted by Gasteiger charge is 2.30. The number of carboxylic acids is 1. The molecule has 2 heterocycles. The first kappa shape index (κ1) is 19.8. The average molecular weight is 387 g/mol. The first-order chi connectivity index (χ1) is 13.3. The molecule has 0 bridgehead atoms. The number of nitrogens with one attached hydrogen (secondary N) is 1. The van der Waals surface area contributed by atoms with Crippen molar-refractivity contribution in [1.82, 2.24) is 14.7 Å². The average Bonchev–Trinajstić information content (AvgIpc) is 3.11. The predicted octanol–water partition coefficient (Wildman–Crippen LogP) is 0.295. The number of carbonyl (C=O) groups excluding carboxylic acids is 1. The van der Waals surface area contributed by atoms with Crippen molar-refractivity contribution in [1.29, 1.82) is 5.41 Å². The molecular formula is C19H25N5O4. The van der Waals surface area contributed by atoms with Crippen LogP contribution in [0.2, 0.25) is 0 Å². The summed E-state index contributed by atoms with van der Waals surface area (Å²) in [5.41, 5.74) is 2.64. The Morgan fingerprint density at radius 2 is 2.04 bits per heavy atom. The Morgan fingerprint density at radius 3 is 2.64 bits per heavy atom. The zero-order valence-corrected chi connectivity index (χ0v) is 16.1. The lowest BCUT2D eigenvalue weighted by atomic mass is 10.0. The maximum Gasteiger partial charge on any atom is 0.323 e. The van der Waals surface area contributed by atoms with Crippen molar-refractivity contribution < 1.29 is 19.5 Å². The molecule has 9 nitrogen and oxygen atoms in total. The van der Waals surface area contributed by atoms with Crippen LogP contribution in [0.3, 0.4) is 0 Å². The van der Waals surface area contributed by atoms with Crippen LogP contribution in [0.5, 0.6) is 0 Å². The molecular weight excluding hydrogens is 362 g/mol. The van der Waals surface area contributed by atoms with Gasteiger partial charge in [0.15, 0.2) is 0 Å². The molecule has 0 spiro atoms. The Kier molecular flexibility index (Phi) is 5.93. The van der Waals surface area contributed by atoms with Gasteiger partial charge in [0.25, 0.3) is 0 Å². The SMILES string of the molecule is CN(C)C(=N)c1ccc(C2=NOC(CN3CCN(CC(=O)O)C(=O)C3)C2)cc1. The van der Waals surface area contributed by atoms with Gasteiger partial charge in [-0.2, -0.15) is 0 Å². The van der Waals surface area contributed by atoms with Crippen LogP contribution in [-0.4, -0.2) is 96.2 Å². The lowest BCUT2D eigenvalue weighted by molar-refractivity contribution is -0.147. The number of rotatable bonds is 6. The summed E-state index contributed by atoms with van der Waals surface area (Å²) in [6.07, 6.45) is 0.516. The highest BCUT2D eigenvalue weighted by atomic mass is 16.6. The Bertz CT molecular complexity index is 790. The highest BCUT2D eigenvalue weighted by molar-refractivity contribution is 6.02. The van der Waals surface area contributed by atoms with Gasteiger partial charge in [0.2, 0.25) is 5.91 Å². The van der Waals surface area contributed by atoms with Gasteiger partial charge in [0, 0.05) is 45.7 Å². The van der Waals surface area contributed by atoms with Gasteiger partial charge >= 0.3 is 5.97 Å². The fourth-order valence-corrected chi connectivity index (χ4v) is 3.31. The highest BCUT2D eigenvalue weighted by Crippen LogP contribution is 2.19. The van der Waals surface area contributed by atoms with Gasteiger partial charge in [-0.1, -0.05) is 29.4 Å². The molecule has 1 aromatic carbocycles. The van der Waals surface area contributed by atoms with Crippen LogP contribution in [0.15, 0.2) is 29.4 Å². The van der Waals surface area contributed by atoms with Crippen LogP contribution >= 0.6 is 0 Å². The fourth-order valence-electron chi connectivity index (χ4n) is 3.31. The minimum atomic E-state index is -0.995. The van der Waals surface area contributed by atoms with E-state index in [2.05, 4.69) is 5.16 Å². The number of oxime groups is 1. The largest absolute Gasteiger partial charge is 0.480 e. The minimum Gasteiger partial charge on any atom is -0.480 e. The second kappa shape index (κ2) is 8.39. The van der Waals surface area contributed by atoms with Crippen LogP contribution in [0.1, 0.15) is 17.5 Å². The third kappa shape index (κ3) is 4.66. The van der Waals surface area contributed by atoms with Gasteiger partial charge in [-0.15, -0.1) is 0 Å². The van der Waals surface area contributed by atoms with Crippen molar-refractivity contribution in [3.63, 3.8) is 0 Å². The number of carboxylic acid groups (broad SMARTS) is 1. The van der Waals surface area contributed by atoms with E-state index < -0.39 is 5.97 Å². The molecule has 1 amide bonds. The van der Waals surface area contributed by atoms with E-state index in [1.54, 1.807) is 4.90 Å². The Labute approximate surface area is 163 Å². The number of carbonyl (C=O) groups is 2. The molecule has 1 fully saturated rings. The summed E-state index contributed by atoms with van der Waals surface area (Å²) in [7, 11) is 3.67. The molecule has 150 valence electrons.